The first-order valence-corrected chi connectivity index (χ1v) is 6.40. The zero-order valence-corrected chi connectivity index (χ0v) is 11.6. The zero-order valence-electron chi connectivity index (χ0n) is 11.6. The molecule has 0 saturated heterocycles. The van der Waals surface area contributed by atoms with Crippen LogP contribution in [0.5, 0.6) is 0 Å². The highest BCUT2D eigenvalue weighted by Crippen LogP contribution is 2.20. The lowest BCUT2D eigenvalue weighted by molar-refractivity contribution is 0.0986. The summed E-state index contributed by atoms with van der Waals surface area (Å²) in [7, 11) is 0. The second kappa shape index (κ2) is 6.02. The summed E-state index contributed by atoms with van der Waals surface area (Å²) >= 11 is 0. The second-order valence-electron chi connectivity index (χ2n) is 4.51. The van der Waals surface area contributed by atoms with Gasteiger partial charge in [-0.05, 0) is 26.0 Å². The Kier molecular flexibility index (Phi) is 4.16. The number of anilines is 1. The molecule has 0 aliphatic rings. The molecule has 0 atom stereocenters. The Bertz CT molecular complexity index is 620. The van der Waals surface area contributed by atoms with Gasteiger partial charge >= 0.3 is 0 Å². The van der Waals surface area contributed by atoms with Crippen molar-refractivity contribution in [1.29, 1.82) is 5.26 Å². The van der Waals surface area contributed by atoms with Gasteiger partial charge in [-0.3, -0.25) is 9.89 Å². The van der Waals surface area contributed by atoms with E-state index in [0.29, 0.717) is 17.8 Å². The van der Waals surface area contributed by atoms with Crippen LogP contribution in [0.15, 0.2) is 30.3 Å². The molecule has 1 aromatic carbocycles. The van der Waals surface area contributed by atoms with E-state index in [2.05, 4.69) is 16.3 Å². The number of nitrogens with one attached hydrogen (secondary N) is 1. The SMILES string of the molecule is Cc1n[nH]c(C)c1C(=O)N(CCC#N)c1ccccc1. The molecule has 5 nitrogen and oxygen atoms in total. The first-order valence-electron chi connectivity index (χ1n) is 6.40. The number of benzene rings is 1. The minimum atomic E-state index is -0.129. The molecule has 5 heteroatoms. The summed E-state index contributed by atoms with van der Waals surface area (Å²) in [5.41, 5.74) is 2.77. The van der Waals surface area contributed by atoms with Crippen molar-refractivity contribution >= 4 is 11.6 Å². The number of para-hydroxylation sites is 1. The molecule has 0 saturated carbocycles. The molecule has 0 unspecified atom stereocenters. The Labute approximate surface area is 117 Å². The first kappa shape index (κ1) is 13.8. The standard InChI is InChI=1S/C15H16N4O/c1-11-14(12(2)18-17-11)15(20)19(10-6-9-16)13-7-4-3-5-8-13/h3-5,7-8H,6,10H2,1-2H3,(H,17,18). The highest BCUT2D eigenvalue weighted by molar-refractivity contribution is 6.07. The average Bonchev–Trinajstić information content (AvgIpc) is 2.79. The van der Waals surface area contributed by atoms with Crippen LogP contribution >= 0.6 is 0 Å². The van der Waals surface area contributed by atoms with Crippen LogP contribution in [0, 0.1) is 25.2 Å². The predicted molar refractivity (Wildman–Crippen MR) is 76.4 cm³/mol. The molecule has 0 aliphatic heterocycles. The van der Waals surface area contributed by atoms with E-state index in [-0.39, 0.29) is 12.3 Å². The van der Waals surface area contributed by atoms with E-state index in [4.69, 9.17) is 5.26 Å². The van der Waals surface area contributed by atoms with Crippen LogP contribution in [0.3, 0.4) is 0 Å². The molecule has 0 bridgehead atoms. The second-order valence-corrected chi connectivity index (χ2v) is 4.51. The smallest absolute Gasteiger partial charge is 0.262 e. The molecular weight excluding hydrogens is 252 g/mol. The largest absolute Gasteiger partial charge is 0.307 e. The predicted octanol–water partition coefficient (Wildman–Crippen LogP) is 2.59. The summed E-state index contributed by atoms with van der Waals surface area (Å²) in [6, 6.07) is 11.4. The lowest BCUT2D eigenvalue weighted by Gasteiger charge is -2.21. The third kappa shape index (κ3) is 2.69. The van der Waals surface area contributed by atoms with Crippen molar-refractivity contribution in [3.8, 4) is 6.07 Å². The molecule has 0 spiro atoms. The minimum Gasteiger partial charge on any atom is -0.307 e. The molecule has 1 aromatic heterocycles. The van der Waals surface area contributed by atoms with Crippen LogP contribution in [-0.4, -0.2) is 22.6 Å². The topological polar surface area (TPSA) is 72.8 Å². The van der Waals surface area contributed by atoms with Crippen LogP contribution < -0.4 is 4.90 Å². The average molecular weight is 268 g/mol. The molecule has 2 rings (SSSR count). The molecule has 20 heavy (non-hydrogen) atoms. The Hall–Kier alpha value is -2.61. The van der Waals surface area contributed by atoms with Gasteiger partial charge in [-0.2, -0.15) is 10.4 Å². The Morgan fingerprint density at radius 3 is 2.60 bits per heavy atom. The number of amides is 1. The molecule has 0 aliphatic carbocycles. The van der Waals surface area contributed by atoms with Gasteiger partial charge < -0.3 is 4.90 Å². The number of aromatic nitrogens is 2. The number of hydrogen-bond acceptors (Lipinski definition) is 3. The van der Waals surface area contributed by atoms with E-state index in [1.165, 1.54) is 0 Å². The molecular formula is C15H16N4O. The maximum absolute atomic E-state index is 12.7. The van der Waals surface area contributed by atoms with Crippen molar-refractivity contribution in [2.24, 2.45) is 0 Å². The van der Waals surface area contributed by atoms with Gasteiger partial charge in [-0.25, -0.2) is 0 Å². The van der Waals surface area contributed by atoms with Crippen LogP contribution in [-0.2, 0) is 0 Å². The molecule has 0 fully saturated rings. The van der Waals surface area contributed by atoms with Crippen LogP contribution in [0.2, 0.25) is 0 Å². The number of nitrogens with zero attached hydrogens (tertiary/aromatic N) is 3. The number of nitriles is 1. The zero-order chi connectivity index (χ0) is 14.5. The molecule has 1 heterocycles. The van der Waals surface area contributed by atoms with E-state index in [9.17, 15) is 4.79 Å². The Morgan fingerprint density at radius 1 is 1.35 bits per heavy atom. The van der Waals surface area contributed by atoms with Crippen molar-refractivity contribution in [3.63, 3.8) is 0 Å². The van der Waals surface area contributed by atoms with Gasteiger partial charge in [0.05, 0.1) is 23.7 Å². The number of rotatable bonds is 4. The third-order valence-electron chi connectivity index (χ3n) is 3.10. The van der Waals surface area contributed by atoms with Crippen LogP contribution in [0.25, 0.3) is 0 Å². The van der Waals surface area contributed by atoms with Crippen molar-refractivity contribution in [1.82, 2.24) is 10.2 Å². The fourth-order valence-corrected chi connectivity index (χ4v) is 2.12. The highest BCUT2D eigenvalue weighted by atomic mass is 16.2. The van der Waals surface area contributed by atoms with E-state index in [1.54, 1.807) is 11.8 Å². The lowest BCUT2D eigenvalue weighted by atomic mass is 10.1. The summed E-state index contributed by atoms with van der Waals surface area (Å²) in [6.45, 7) is 3.98. The van der Waals surface area contributed by atoms with Gasteiger partial charge in [-0.1, -0.05) is 18.2 Å². The summed E-state index contributed by atoms with van der Waals surface area (Å²) in [5.74, 6) is -0.129. The number of aromatic amines is 1. The quantitative estimate of drug-likeness (QED) is 0.926. The third-order valence-corrected chi connectivity index (χ3v) is 3.10. The van der Waals surface area contributed by atoms with Gasteiger partial charge in [-0.15, -0.1) is 0 Å². The van der Waals surface area contributed by atoms with Crippen molar-refractivity contribution in [3.05, 3.63) is 47.3 Å². The van der Waals surface area contributed by atoms with Gasteiger partial charge in [0.25, 0.3) is 5.91 Å². The lowest BCUT2D eigenvalue weighted by Crippen LogP contribution is -2.32. The fourth-order valence-electron chi connectivity index (χ4n) is 2.12. The number of aryl methyl sites for hydroxylation is 2. The Balaban J connectivity index is 2.37. The number of hydrogen-bond donors (Lipinski definition) is 1. The molecule has 102 valence electrons. The van der Waals surface area contributed by atoms with Crippen molar-refractivity contribution in [2.45, 2.75) is 20.3 Å². The number of carbonyl (C=O) groups excluding carboxylic acids is 1. The maximum Gasteiger partial charge on any atom is 0.262 e. The maximum atomic E-state index is 12.7. The number of carbonyl (C=O) groups is 1. The fraction of sp³-hybridized carbons (Fsp3) is 0.267. The monoisotopic (exact) mass is 268 g/mol. The summed E-state index contributed by atoms with van der Waals surface area (Å²) < 4.78 is 0. The van der Waals surface area contributed by atoms with Crippen molar-refractivity contribution < 1.29 is 4.79 Å². The van der Waals surface area contributed by atoms with E-state index in [1.807, 2.05) is 37.3 Å². The van der Waals surface area contributed by atoms with Gasteiger partial charge in [0.1, 0.15) is 0 Å². The number of H-pyrrole nitrogens is 1. The van der Waals surface area contributed by atoms with Gasteiger partial charge in [0.2, 0.25) is 0 Å². The summed E-state index contributed by atoms with van der Waals surface area (Å²) in [5, 5.41) is 15.7. The summed E-state index contributed by atoms with van der Waals surface area (Å²) in [6.07, 6.45) is 0.288. The molecule has 1 amide bonds. The molecule has 0 radical (unpaired) electrons. The van der Waals surface area contributed by atoms with Crippen LogP contribution in [0.4, 0.5) is 5.69 Å². The minimum absolute atomic E-state index is 0.129. The Morgan fingerprint density at radius 2 is 2.05 bits per heavy atom. The van der Waals surface area contributed by atoms with Gasteiger partial charge in [0, 0.05) is 17.9 Å². The van der Waals surface area contributed by atoms with E-state index >= 15 is 0 Å². The van der Waals surface area contributed by atoms with Crippen molar-refractivity contribution in [2.75, 3.05) is 11.4 Å². The first-order chi connectivity index (χ1) is 9.65. The van der Waals surface area contributed by atoms with E-state index < -0.39 is 0 Å². The normalized spacial score (nSPS) is 10.1. The van der Waals surface area contributed by atoms with Gasteiger partial charge in [0.15, 0.2) is 0 Å². The summed E-state index contributed by atoms with van der Waals surface area (Å²) in [4.78, 5) is 14.3. The van der Waals surface area contributed by atoms with Crippen LogP contribution in [0.1, 0.15) is 28.2 Å². The molecule has 1 N–H and O–H groups in total. The highest BCUT2D eigenvalue weighted by Gasteiger charge is 2.22. The van der Waals surface area contributed by atoms with E-state index in [0.717, 1.165) is 11.4 Å². The molecule has 2 aromatic rings.